The van der Waals surface area contributed by atoms with Crippen molar-refractivity contribution in [2.75, 3.05) is 26.2 Å². The van der Waals surface area contributed by atoms with Crippen LogP contribution in [-0.4, -0.2) is 66.6 Å². The Morgan fingerprint density at radius 1 is 0.897 bits per heavy atom. The molecule has 2 saturated heterocycles. The van der Waals surface area contributed by atoms with Crippen LogP contribution in [0.1, 0.15) is 18.4 Å². The first-order valence-electron chi connectivity index (χ1n) is 9.64. The lowest BCUT2D eigenvalue weighted by Gasteiger charge is -2.41. The van der Waals surface area contributed by atoms with Crippen molar-refractivity contribution >= 4 is 33.2 Å². The summed E-state index contributed by atoms with van der Waals surface area (Å²) in [6.45, 7) is 2.12. The van der Waals surface area contributed by atoms with Crippen molar-refractivity contribution in [3.8, 4) is 0 Å². The molecule has 2 aliphatic rings. The molecule has 0 radical (unpaired) electrons. The average Bonchev–Trinajstić information content (AvgIpc) is 3.28. The van der Waals surface area contributed by atoms with E-state index in [-0.39, 0.29) is 6.04 Å². The standard InChI is InChI=1S/C20H23N3O4S2/c24-19-20(25)23(13-12-21(19)15-16-5-2-1-3-6-16)17-8-10-22(11-9-17)29(26,27)18-7-4-14-28-18/h1-7,14,17H,8-13,15H2. The van der Waals surface area contributed by atoms with E-state index in [0.717, 1.165) is 5.56 Å². The molecule has 1 aromatic carbocycles. The second kappa shape index (κ2) is 8.25. The molecule has 2 aliphatic heterocycles. The van der Waals surface area contributed by atoms with Gasteiger partial charge in [0.1, 0.15) is 4.21 Å². The predicted molar refractivity (Wildman–Crippen MR) is 110 cm³/mol. The Hall–Kier alpha value is -2.23. The van der Waals surface area contributed by atoms with Crippen LogP contribution in [0.15, 0.2) is 52.1 Å². The zero-order valence-corrected chi connectivity index (χ0v) is 17.6. The zero-order chi connectivity index (χ0) is 20.4. The van der Waals surface area contributed by atoms with Gasteiger partial charge in [-0.1, -0.05) is 36.4 Å². The van der Waals surface area contributed by atoms with Crippen LogP contribution in [0.2, 0.25) is 0 Å². The second-order valence-electron chi connectivity index (χ2n) is 7.28. The molecule has 2 amide bonds. The first kappa shape index (κ1) is 20.1. The van der Waals surface area contributed by atoms with Gasteiger partial charge in [0.2, 0.25) is 0 Å². The highest BCUT2D eigenvalue weighted by molar-refractivity contribution is 7.91. The van der Waals surface area contributed by atoms with Gasteiger partial charge < -0.3 is 9.80 Å². The van der Waals surface area contributed by atoms with Crippen molar-refractivity contribution in [1.82, 2.24) is 14.1 Å². The summed E-state index contributed by atoms with van der Waals surface area (Å²) in [6.07, 6.45) is 1.09. The number of thiophene rings is 1. The molecule has 9 heteroatoms. The number of rotatable bonds is 5. The summed E-state index contributed by atoms with van der Waals surface area (Å²) in [5.74, 6) is -0.958. The molecule has 3 heterocycles. The van der Waals surface area contributed by atoms with Gasteiger partial charge in [-0.25, -0.2) is 8.42 Å². The Morgan fingerprint density at radius 3 is 2.28 bits per heavy atom. The van der Waals surface area contributed by atoms with Gasteiger partial charge >= 0.3 is 11.8 Å². The first-order chi connectivity index (χ1) is 14.0. The van der Waals surface area contributed by atoms with Gasteiger partial charge in [-0.3, -0.25) is 9.59 Å². The molecule has 2 aromatic rings. The monoisotopic (exact) mass is 433 g/mol. The van der Waals surface area contributed by atoms with Crippen molar-refractivity contribution in [1.29, 1.82) is 0 Å². The van der Waals surface area contributed by atoms with Gasteiger partial charge in [0.25, 0.3) is 10.0 Å². The van der Waals surface area contributed by atoms with Gasteiger partial charge in [0.05, 0.1) is 0 Å². The summed E-state index contributed by atoms with van der Waals surface area (Å²) in [5.41, 5.74) is 0.995. The molecule has 0 atom stereocenters. The third-order valence-corrected chi connectivity index (χ3v) is 8.78. The summed E-state index contributed by atoms with van der Waals surface area (Å²) in [4.78, 5) is 28.5. The number of hydrogen-bond donors (Lipinski definition) is 0. The zero-order valence-electron chi connectivity index (χ0n) is 15.9. The molecule has 7 nitrogen and oxygen atoms in total. The van der Waals surface area contributed by atoms with Crippen LogP contribution < -0.4 is 0 Å². The molecule has 2 fully saturated rings. The van der Waals surface area contributed by atoms with Crippen molar-refractivity contribution in [2.24, 2.45) is 0 Å². The summed E-state index contributed by atoms with van der Waals surface area (Å²) >= 11 is 1.21. The van der Waals surface area contributed by atoms with E-state index in [1.54, 1.807) is 27.3 Å². The van der Waals surface area contributed by atoms with Crippen LogP contribution in [0.25, 0.3) is 0 Å². The molecule has 0 bridgehead atoms. The number of piperazine rings is 1. The largest absolute Gasteiger partial charge is 0.330 e. The fourth-order valence-corrected chi connectivity index (χ4v) is 6.54. The van der Waals surface area contributed by atoms with Crippen LogP contribution in [-0.2, 0) is 26.2 Å². The quantitative estimate of drug-likeness (QED) is 0.674. The van der Waals surface area contributed by atoms with Crippen LogP contribution in [0.4, 0.5) is 0 Å². The summed E-state index contributed by atoms with van der Waals surface area (Å²) in [7, 11) is -3.47. The topological polar surface area (TPSA) is 78.0 Å². The number of carbonyl (C=O) groups excluding carboxylic acids is 2. The Kier molecular flexibility index (Phi) is 5.71. The average molecular weight is 434 g/mol. The lowest BCUT2D eigenvalue weighted by Crippen LogP contribution is -2.58. The minimum atomic E-state index is -3.47. The molecular formula is C20H23N3O4S2. The van der Waals surface area contributed by atoms with E-state index in [0.29, 0.717) is 49.8 Å². The third kappa shape index (κ3) is 4.08. The number of carbonyl (C=O) groups is 2. The maximum Gasteiger partial charge on any atom is 0.312 e. The lowest BCUT2D eigenvalue weighted by atomic mass is 10.0. The maximum atomic E-state index is 12.7. The molecule has 0 N–H and O–H groups in total. The normalized spacial score (nSPS) is 19.7. The van der Waals surface area contributed by atoms with Gasteiger partial charge in [-0.05, 0) is 29.9 Å². The molecule has 0 unspecified atom stereocenters. The number of piperidine rings is 1. The SMILES string of the molecule is O=C1C(=O)N(C2CCN(S(=O)(=O)c3cccs3)CC2)CCN1Cc1ccccc1. The number of benzene rings is 1. The van der Waals surface area contributed by atoms with Gasteiger partial charge in [0, 0.05) is 38.8 Å². The number of hydrogen-bond acceptors (Lipinski definition) is 5. The van der Waals surface area contributed by atoms with Crippen LogP contribution >= 0.6 is 11.3 Å². The fraction of sp³-hybridized carbons (Fsp3) is 0.400. The third-order valence-electron chi connectivity index (χ3n) is 5.51. The predicted octanol–water partition coefficient (Wildman–Crippen LogP) is 1.77. The molecule has 29 heavy (non-hydrogen) atoms. The maximum absolute atomic E-state index is 12.7. The summed E-state index contributed by atoms with van der Waals surface area (Å²) in [6, 6.07) is 12.9. The van der Waals surface area contributed by atoms with Crippen molar-refractivity contribution in [3.05, 3.63) is 53.4 Å². The van der Waals surface area contributed by atoms with Gasteiger partial charge in [-0.15, -0.1) is 11.3 Å². The molecule has 0 saturated carbocycles. The second-order valence-corrected chi connectivity index (χ2v) is 10.4. The van der Waals surface area contributed by atoms with E-state index in [1.165, 1.54) is 15.6 Å². The molecule has 4 rings (SSSR count). The Bertz CT molecular complexity index is 968. The summed E-state index contributed by atoms with van der Waals surface area (Å²) in [5, 5.41) is 1.75. The lowest BCUT2D eigenvalue weighted by molar-refractivity contribution is -0.158. The van der Waals surface area contributed by atoms with Crippen LogP contribution in [0.3, 0.4) is 0 Å². The number of nitrogens with zero attached hydrogens (tertiary/aromatic N) is 3. The first-order valence-corrected chi connectivity index (χ1v) is 12.0. The van der Waals surface area contributed by atoms with Crippen LogP contribution in [0, 0.1) is 0 Å². The Balaban J connectivity index is 1.36. The smallest absolute Gasteiger partial charge is 0.312 e. The minimum Gasteiger partial charge on any atom is -0.330 e. The molecule has 1 aromatic heterocycles. The van der Waals surface area contributed by atoms with E-state index in [2.05, 4.69) is 0 Å². The van der Waals surface area contributed by atoms with E-state index < -0.39 is 21.8 Å². The molecule has 0 spiro atoms. The van der Waals surface area contributed by atoms with Gasteiger partial charge in [-0.2, -0.15) is 4.31 Å². The molecule has 154 valence electrons. The van der Waals surface area contributed by atoms with E-state index in [9.17, 15) is 18.0 Å². The van der Waals surface area contributed by atoms with Crippen LogP contribution in [0.5, 0.6) is 0 Å². The number of sulfonamides is 1. The molecule has 0 aliphatic carbocycles. The highest BCUT2D eigenvalue weighted by atomic mass is 32.2. The van der Waals surface area contributed by atoms with E-state index in [1.807, 2.05) is 30.3 Å². The van der Waals surface area contributed by atoms with Crippen molar-refractivity contribution < 1.29 is 18.0 Å². The Labute approximate surface area is 174 Å². The number of amides is 2. The highest BCUT2D eigenvalue weighted by Gasteiger charge is 2.39. The highest BCUT2D eigenvalue weighted by Crippen LogP contribution is 2.26. The minimum absolute atomic E-state index is 0.0971. The fourth-order valence-electron chi connectivity index (χ4n) is 3.92. The van der Waals surface area contributed by atoms with E-state index in [4.69, 9.17) is 0 Å². The van der Waals surface area contributed by atoms with E-state index >= 15 is 0 Å². The van der Waals surface area contributed by atoms with Gasteiger partial charge in [0.15, 0.2) is 0 Å². The molecular weight excluding hydrogens is 410 g/mol. The van der Waals surface area contributed by atoms with Crippen molar-refractivity contribution in [3.63, 3.8) is 0 Å². The Morgan fingerprint density at radius 2 is 1.62 bits per heavy atom. The van der Waals surface area contributed by atoms with Crippen molar-refractivity contribution in [2.45, 2.75) is 29.6 Å². The summed E-state index contributed by atoms with van der Waals surface area (Å²) < 4.78 is 27.1.